The number of benzene rings is 1. The molecule has 0 radical (unpaired) electrons. The minimum atomic E-state index is -2.02. The molecule has 0 spiro atoms. The lowest BCUT2D eigenvalue weighted by molar-refractivity contribution is -0.294. The van der Waals surface area contributed by atoms with Gasteiger partial charge in [0.1, 0.15) is 6.10 Å². The maximum Gasteiger partial charge on any atom is 0.217 e. The van der Waals surface area contributed by atoms with E-state index < -0.39 is 28.6 Å². The lowest BCUT2D eigenvalue weighted by Crippen LogP contribution is -2.60. The maximum atomic E-state index is 10.2. The van der Waals surface area contributed by atoms with E-state index in [2.05, 4.69) is 6.07 Å². The molecule has 2 saturated heterocycles. The van der Waals surface area contributed by atoms with Gasteiger partial charge < -0.3 is 9.47 Å². The number of ether oxygens (including phenoxy) is 2. The molecule has 4 unspecified atom stereocenters. The standard InChI is InChI=1S/C19H14Cl2N4O2/c20-11-4-3-5-12(21)14(11)15-17(8-22,9-23)18(10-24)13-6-1-2-7-19(13,26-15)27-16(18)25/h3-5,13,15,25H,1-2,6-7H2. The summed E-state index contributed by atoms with van der Waals surface area (Å²) in [4.78, 5) is 0. The highest BCUT2D eigenvalue weighted by Crippen LogP contribution is 2.70. The first-order valence-corrected chi connectivity index (χ1v) is 9.31. The van der Waals surface area contributed by atoms with Crippen LogP contribution in [-0.4, -0.2) is 11.7 Å². The molecule has 136 valence electrons. The molecule has 1 N–H and O–H groups in total. The van der Waals surface area contributed by atoms with Crippen LogP contribution in [0, 0.1) is 56.2 Å². The summed E-state index contributed by atoms with van der Waals surface area (Å²) < 4.78 is 12.1. The first kappa shape index (κ1) is 18.1. The Kier molecular flexibility index (Phi) is 3.92. The number of nitrogens with one attached hydrogen (secondary N) is 1. The van der Waals surface area contributed by atoms with E-state index in [1.165, 1.54) is 0 Å². The molecule has 3 fully saturated rings. The molecule has 4 rings (SSSR count). The second-order valence-electron chi connectivity index (χ2n) is 7.13. The predicted molar refractivity (Wildman–Crippen MR) is 95.5 cm³/mol. The fourth-order valence-electron chi connectivity index (χ4n) is 4.88. The van der Waals surface area contributed by atoms with Gasteiger partial charge in [0.15, 0.2) is 5.41 Å². The van der Waals surface area contributed by atoms with E-state index in [1.54, 1.807) is 18.2 Å². The SMILES string of the molecule is N#CC1(C#N)C(c2c(Cl)cccc2Cl)OC23CCCCC2C1(C#N)C(=N)O3. The van der Waals surface area contributed by atoms with Gasteiger partial charge in [-0.25, -0.2) is 0 Å². The van der Waals surface area contributed by atoms with E-state index in [-0.39, 0.29) is 21.5 Å². The summed E-state index contributed by atoms with van der Waals surface area (Å²) in [5.74, 6) is -2.19. The minimum Gasteiger partial charge on any atom is -0.447 e. The summed E-state index contributed by atoms with van der Waals surface area (Å²) in [5, 5.41) is 39.4. The highest BCUT2D eigenvalue weighted by Gasteiger charge is 2.80. The van der Waals surface area contributed by atoms with E-state index in [1.807, 2.05) is 12.1 Å². The minimum absolute atomic E-state index is 0.229. The Hall–Kier alpha value is -2.30. The van der Waals surface area contributed by atoms with Crippen LogP contribution in [0.5, 0.6) is 0 Å². The summed E-state index contributed by atoms with van der Waals surface area (Å²) >= 11 is 12.7. The average molecular weight is 401 g/mol. The Morgan fingerprint density at radius 3 is 2.33 bits per heavy atom. The van der Waals surface area contributed by atoms with Gasteiger partial charge in [-0.05, 0) is 25.0 Å². The molecular weight excluding hydrogens is 387 g/mol. The van der Waals surface area contributed by atoms with Crippen molar-refractivity contribution in [3.63, 3.8) is 0 Å². The monoisotopic (exact) mass is 400 g/mol. The normalized spacial score (nSPS) is 35.9. The van der Waals surface area contributed by atoms with E-state index in [9.17, 15) is 15.8 Å². The van der Waals surface area contributed by atoms with Crippen molar-refractivity contribution >= 4 is 29.1 Å². The van der Waals surface area contributed by atoms with Gasteiger partial charge in [0.05, 0.1) is 24.1 Å². The quantitative estimate of drug-likeness (QED) is 0.744. The van der Waals surface area contributed by atoms with Crippen LogP contribution in [-0.2, 0) is 9.47 Å². The number of rotatable bonds is 1. The van der Waals surface area contributed by atoms with E-state index in [0.717, 1.165) is 12.8 Å². The molecule has 8 heteroatoms. The fourth-order valence-corrected chi connectivity index (χ4v) is 5.48. The van der Waals surface area contributed by atoms with E-state index in [0.29, 0.717) is 12.8 Å². The van der Waals surface area contributed by atoms with Crippen LogP contribution in [0.2, 0.25) is 10.0 Å². The Balaban J connectivity index is 2.06. The van der Waals surface area contributed by atoms with Gasteiger partial charge in [0.2, 0.25) is 17.1 Å². The molecule has 27 heavy (non-hydrogen) atoms. The molecule has 0 amide bonds. The summed E-state index contributed by atoms with van der Waals surface area (Å²) in [6.07, 6.45) is 1.38. The van der Waals surface area contributed by atoms with Gasteiger partial charge in [-0.2, -0.15) is 15.8 Å². The number of hydrogen-bond acceptors (Lipinski definition) is 6. The van der Waals surface area contributed by atoms with Crippen LogP contribution < -0.4 is 0 Å². The Morgan fingerprint density at radius 2 is 1.74 bits per heavy atom. The number of hydrogen-bond donors (Lipinski definition) is 1. The van der Waals surface area contributed by atoms with Gasteiger partial charge in [-0.15, -0.1) is 0 Å². The van der Waals surface area contributed by atoms with E-state index in [4.69, 9.17) is 38.1 Å². The zero-order valence-corrected chi connectivity index (χ0v) is 15.6. The molecule has 6 nitrogen and oxygen atoms in total. The molecule has 1 aliphatic carbocycles. The Bertz CT molecular complexity index is 941. The molecule has 1 saturated carbocycles. The first-order valence-electron chi connectivity index (χ1n) is 8.56. The summed E-state index contributed by atoms with van der Waals surface area (Å²) in [7, 11) is 0. The number of nitrogens with zero attached hydrogens (tertiary/aromatic N) is 3. The van der Waals surface area contributed by atoms with Crippen molar-refractivity contribution in [3.05, 3.63) is 33.8 Å². The van der Waals surface area contributed by atoms with Crippen molar-refractivity contribution in [3.8, 4) is 18.2 Å². The van der Waals surface area contributed by atoms with E-state index >= 15 is 0 Å². The van der Waals surface area contributed by atoms with Crippen molar-refractivity contribution in [1.29, 1.82) is 21.2 Å². The van der Waals surface area contributed by atoms with Crippen molar-refractivity contribution < 1.29 is 9.47 Å². The summed E-state index contributed by atoms with van der Waals surface area (Å²) in [5.41, 5.74) is -3.50. The molecule has 1 aromatic carbocycles. The third-order valence-corrected chi connectivity index (χ3v) is 6.74. The van der Waals surface area contributed by atoms with Crippen LogP contribution >= 0.6 is 23.2 Å². The zero-order chi connectivity index (χ0) is 19.4. The molecule has 2 heterocycles. The number of halogens is 2. The molecule has 1 aromatic rings. The van der Waals surface area contributed by atoms with Crippen LogP contribution in [0.4, 0.5) is 0 Å². The first-order chi connectivity index (χ1) is 12.9. The van der Waals surface area contributed by atoms with Crippen molar-refractivity contribution in [2.45, 2.75) is 37.6 Å². The largest absolute Gasteiger partial charge is 0.447 e. The molecule has 2 bridgehead atoms. The Labute approximate surface area is 166 Å². The van der Waals surface area contributed by atoms with Gasteiger partial charge in [0, 0.05) is 22.0 Å². The molecule has 0 aromatic heterocycles. The van der Waals surface area contributed by atoms with Gasteiger partial charge in [0.25, 0.3) is 0 Å². The second kappa shape index (κ2) is 5.85. The highest BCUT2D eigenvalue weighted by atomic mass is 35.5. The van der Waals surface area contributed by atoms with Gasteiger partial charge in [-0.1, -0.05) is 35.7 Å². The van der Waals surface area contributed by atoms with Gasteiger partial charge >= 0.3 is 0 Å². The highest BCUT2D eigenvalue weighted by molar-refractivity contribution is 6.36. The fraction of sp³-hybridized carbons (Fsp3) is 0.474. The predicted octanol–water partition coefficient (Wildman–Crippen LogP) is 4.50. The van der Waals surface area contributed by atoms with Crippen LogP contribution in [0.1, 0.15) is 37.4 Å². The maximum absolute atomic E-state index is 10.2. The van der Waals surface area contributed by atoms with Crippen molar-refractivity contribution in [2.24, 2.45) is 16.7 Å². The van der Waals surface area contributed by atoms with Crippen LogP contribution in [0.25, 0.3) is 0 Å². The van der Waals surface area contributed by atoms with Crippen molar-refractivity contribution in [2.75, 3.05) is 0 Å². The van der Waals surface area contributed by atoms with Gasteiger partial charge in [-0.3, -0.25) is 5.41 Å². The third-order valence-electron chi connectivity index (χ3n) is 6.08. The zero-order valence-electron chi connectivity index (χ0n) is 14.1. The third kappa shape index (κ3) is 1.95. The molecule has 2 aliphatic heterocycles. The summed E-state index contributed by atoms with van der Waals surface area (Å²) in [6.45, 7) is 0. The summed E-state index contributed by atoms with van der Waals surface area (Å²) in [6, 6.07) is 10.9. The molecular formula is C19H14Cl2N4O2. The second-order valence-corrected chi connectivity index (χ2v) is 7.94. The van der Waals surface area contributed by atoms with Crippen LogP contribution in [0.3, 0.4) is 0 Å². The lowest BCUT2D eigenvalue weighted by Gasteiger charge is -2.51. The van der Waals surface area contributed by atoms with Crippen molar-refractivity contribution in [1.82, 2.24) is 0 Å². The lowest BCUT2D eigenvalue weighted by atomic mass is 9.51. The topological polar surface area (TPSA) is 114 Å². The number of nitriles is 3. The molecule has 3 aliphatic rings. The Morgan fingerprint density at radius 1 is 1.07 bits per heavy atom. The smallest absolute Gasteiger partial charge is 0.217 e. The average Bonchev–Trinajstić information content (AvgIpc) is 2.87. The van der Waals surface area contributed by atoms with Crippen LogP contribution in [0.15, 0.2) is 18.2 Å². The molecule has 4 atom stereocenters.